The van der Waals surface area contributed by atoms with Gasteiger partial charge in [0, 0.05) is 18.5 Å². The summed E-state index contributed by atoms with van der Waals surface area (Å²) in [5.74, 6) is -0.628. The van der Waals surface area contributed by atoms with Crippen molar-refractivity contribution < 1.29 is 13.9 Å². The van der Waals surface area contributed by atoms with E-state index in [2.05, 4.69) is 10.3 Å². The summed E-state index contributed by atoms with van der Waals surface area (Å²) in [6.07, 6.45) is 1.49. The van der Waals surface area contributed by atoms with Gasteiger partial charge in [-0.05, 0) is 43.3 Å². The van der Waals surface area contributed by atoms with Crippen molar-refractivity contribution in [1.29, 1.82) is 0 Å². The maximum absolute atomic E-state index is 12.8. The van der Waals surface area contributed by atoms with E-state index in [-0.39, 0.29) is 11.7 Å². The second-order valence-electron chi connectivity index (χ2n) is 4.14. The highest BCUT2D eigenvalue weighted by Crippen LogP contribution is 2.10. The molecule has 0 fully saturated rings. The zero-order valence-corrected chi connectivity index (χ0v) is 11.1. The Labute approximate surface area is 116 Å². The van der Waals surface area contributed by atoms with E-state index in [0.29, 0.717) is 24.5 Å². The predicted molar refractivity (Wildman–Crippen MR) is 73.9 cm³/mol. The highest BCUT2D eigenvalue weighted by molar-refractivity contribution is 6.04. The molecule has 0 aliphatic rings. The molecule has 1 amide bonds. The van der Waals surface area contributed by atoms with Gasteiger partial charge in [0.25, 0.3) is 5.91 Å². The van der Waals surface area contributed by atoms with Crippen molar-refractivity contribution in [3.63, 3.8) is 0 Å². The van der Waals surface area contributed by atoms with E-state index in [0.717, 1.165) is 5.69 Å². The van der Waals surface area contributed by atoms with Gasteiger partial charge in [0.15, 0.2) is 0 Å². The Morgan fingerprint density at radius 2 is 2.00 bits per heavy atom. The van der Waals surface area contributed by atoms with Crippen LogP contribution in [0.4, 0.5) is 10.1 Å². The Kier molecular flexibility index (Phi) is 4.79. The normalized spacial score (nSPS) is 10.3. The molecule has 0 aliphatic carbocycles. The first-order valence-corrected chi connectivity index (χ1v) is 6.28. The molecule has 0 saturated carbocycles. The third-order valence-electron chi connectivity index (χ3n) is 2.64. The molecule has 0 aliphatic heterocycles. The van der Waals surface area contributed by atoms with Gasteiger partial charge < -0.3 is 10.1 Å². The zero-order valence-electron chi connectivity index (χ0n) is 11.1. The Morgan fingerprint density at radius 3 is 2.60 bits per heavy atom. The summed E-state index contributed by atoms with van der Waals surface area (Å²) in [7, 11) is 0. The number of aromatic nitrogens is 1. The molecule has 0 unspecified atom stereocenters. The minimum atomic E-state index is -0.343. The average molecular weight is 274 g/mol. The molecule has 0 spiro atoms. The monoisotopic (exact) mass is 274 g/mol. The van der Waals surface area contributed by atoms with Gasteiger partial charge in [-0.15, -0.1) is 0 Å². The third-order valence-corrected chi connectivity index (χ3v) is 2.64. The highest BCUT2D eigenvalue weighted by atomic mass is 19.1. The van der Waals surface area contributed by atoms with E-state index in [1.54, 1.807) is 12.1 Å². The summed E-state index contributed by atoms with van der Waals surface area (Å²) >= 11 is 0. The van der Waals surface area contributed by atoms with Gasteiger partial charge in [-0.25, -0.2) is 4.39 Å². The van der Waals surface area contributed by atoms with Gasteiger partial charge >= 0.3 is 0 Å². The van der Waals surface area contributed by atoms with Crippen LogP contribution >= 0.6 is 0 Å². The molecule has 0 bridgehead atoms. The lowest BCUT2D eigenvalue weighted by Crippen LogP contribution is -2.12. The van der Waals surface area contributed by atoms with E-state index in [4.69, 9.17) is 4.74 Å². The molecule has 1 heterocycles. The summed E-state index contributed by atoms with van der Waals surface area (Å²) in [6.45, 7) is 2.95. The maximum Gasteiger partial charge on any atom is 0.257 e. The zero-order chi connectivity index (χ0) is 14.4. The first-order valence-electron chi connectivity index (χ1n) is 6.28. The van der Waals surface area contributed by atoms with Crippen LogP contribution in [-0.2, 0) is 11.3 Å². The van der Waals surface area contributed by atoms with Crippen molar-refractivity contribution in [3.8, 4) is 0 Å². The first kappa shape index (κ1) is 14.1. The molecule has 0 saturated heterocycles. The molecule has 2 aromatic rings. The lowest BCUT2D eigenvalue weighted by Gasteiger charge is -2.06. The van der Waals surface area contributed by atoms with Gasteiger partial charge in [-0.2, -0.15) is 0 Å². The molecule has 5 heteroatoms. The lowest BCUT2D eigenvalue weighted by atomic mass is 10.2. The number of hydrogen-bond acceptors (Lipinski definition) is 3. The molecule has 0 radical (unpaired) electrons. The third kappa shape index (κ3) is 3.86. The predicted octanol–water partition coefficient (Wildman–Crippen LogP) is 3.01. The van der Waals surface area contributed by atoms with E-state index in [1.807, 2.05) is 6.92 Å². The van der Waals surface area contributed by atoms with Crippen molar-refractivity contribution in [1.82, 2.24) is 4.98 Å². The minimum absolute atomic E-state index is 0.285. The fraction of sp³-hybridized carbons (Fsp3) is 0.200. The molecular weight excluding hydrogens is 259 g/mol. The molecule has 1 aromatic carbocycles. The molecular formula is C15H15FN2O2. The number of hydrogen-bond donors (Lipinski definition) is 1. The van der Waals surface area contributed by atoms with Crippen LogP contribution in [0.2, 0.25) is 0 Å². The van der Waals surface area contributed by atoms with Crippen molar-refractivity contribution in [2.45, 2.75) is 13.5 Å². The molecule has 2 rings (SSSR count). The van der Waals surface area contributed by atoms with Crippen LogP contribution in [0.25, 0.3) is 0 Å². The fourth-order valence-electron chi connectivity index (χ4n) is 1.59. The number of pyridine rings is 1. The number of anilines is 1. The van der Waals surface area contributed by atoms with Crippen molar-refractivity contribution in [3.05, 3.63) is 59.7 Å². The van der Waals surface area contributed by atoms with Crippen LogP contribution < -0.4 is 5.32 Å². The molecule has 104 valence electrons. The van der Waals surface area contributed by atoms with E-state index in [9.17, 15) is 9.18 Å². The topological polar surface area (TPSA) is 51.2 Å². The quantitative estimate of drug-likeness (QED) is 0.911. The largest absolute Gasteiger partial charge is 0.375 e. The second kappa shape index (κ2) is 6.77. The standard InChI is InChI=1S/C15H15FN2O2/c1-2-20-10-14-6-3-11(9-17-14)15(19)18-13-7-4-12(16)5-8-13/h3-9H,2,10H2,1H3,(H,18,19). The summed E-state index contributed by atoms with van der Waals surface area (Å²) < 4.78 is 18.0. The van der Waals surface area contributed by atoms with Crippen LogP contribution in [0.1, 0.15) is 23.0 Å². The number of nitrogens with zero attached hydrogens (tertiary/aromatic N) is 1. The minimum Gasteiger partial charge on any atom is -0.375 e. The van der Waals surface area contributed by atoms with Crippen LogP contribution in [0.15, 0.2) is 42.6 Å². The second-order valence-corrected chi connectivity index (χ2v) is 4.14. The molecule has 20 heavy (non-hydrogen) atoms. The van der Waals surface area contributed by atoms with Gasteiger partial charge in [0.2, 0.25) is 0 Å². The number of amides is 1. The molecule has 1 aromatic heterocycles. The summed E-state index contributed by atoms with van der Waals surface area (Å²) in [6, 6.07) is 9.02. The average Bonchev–Trinajstić information content (AvgIpc) is 2.48. The Morgan fingerprint density at radius 1 is 1.25 bits per heavy atom. The summed E-state index contributed by atoms with van der Waals surface area (Å²) in [5.41, 5.74) is 1.74. The smallest absolute Gasteiger partial charge is 0.257 e. The number of rotatable bonds is 5. The van der Waals surface area contributed by atoms with Crippen LogP contribution in [0.5, 0.6) is 0 Å². The summed E-state index contributed by atoms with van der Waals surface area (Å²) in [5, 5.41) is 2.67. The van der Waals surface area contributed by atoms with Crippen LogP contribution in [-0.4, -0.2) is 17.5 Å². The lowest BCUT2D eigenvalue weighted by molar-refractivity contribution is 0.102. The number of benzene rings is 1. The fourth-order valence-corrected chi connectivity index (χ4v) is 1.59. The Hall–Kier alpha value is -2.27. The van der Waals surface area contributed by atoms with Gasteiger partial charge in [0.1, 0.15) is 5.82 Å². The number of carbonyl (C=O) groups is 1. The van der Waals surface area contributed by atoms with E-state index in [1.165, 1.54) is 30.5 Å². The molecule has 0 atom stereocenters. The number of nitrogens with one attached hydrogen (secondary N) is 1. The van der Waals surface area contributed by atoms with Crippen molar-refractivity contribution in [2.75, 3.05) is 11.9 Å². The Balaban J connectivity index is 2.00. The molecule has 4 nitrogen and oxygen atoms in total. The van der Waals surface area contributed by atoms with Gasteiger partial charge in [-0.3, -0.25) is 9.78 Å². The number of halogens is 1. The molecule has 1 N–H and O–H groups in total. The SMILES string of the molecule is CCOCc1ccc(C(=O)Nc2ccc(F)cc2)cn1. The number of carbonyl (C=O) groups excluding carboxylic acids is 1. The van der Waals surface area contributed by atoms with Gasteiger partial charge in [0.05, 0.1) is 17.9 Å². The number of ether oxygens (including phenoxy) is 1. The Bertz CT molecular complexity index is 567. The van der Waals surface area contributed by atoms with Crippen LogP contribution in [0, 0.1) is 5.82 Å². The highest BCUT2D eigenvalue weighted by Gasteiger charge is 2.07. The van der Waals surface area contributed by atoms with Crippen molar-refractivity contribution >= 4 is 11.6 Å². The van der Waals surface area contributed by atoms with Crippen LogP contribution in [0.3, 0.4) is 0 Å². The maximum atomic E-state index is 12.8. The van der Waals surface area contributed by atoms with Crippen molar-refractivity contribution in [2.24, 2.45) is 0 Å². The first-order chi connectivity index (χ1) is 9.69. The summed E-state index contributed by atoms with van der Waals surface area (Å²) in [4.78, 5) is 16.1. The van der Waals surface area contributed by atoms with E-state index >= 15 is 0 Å². The van der Waals surface area contributed by atoms with Gasteiger partial charge in [-0.1, -0.05) is 0 Å². The van der Waals surface area contributed by atoms with E-state index < -0.39 is 0 Å².